The van der Waals surface area contributed by atoms with Crippen molar-refractivity contribution in [1.82, 2.24) is 15.0 Å². The first kappa shape index (κ1) is 25.2. The van der Waals surface area contributed by atoms with Gasteiger partial charge in [0.1, 0.15) is 5.82 Å². The molecule has 3 aromatic carbocycles. The van der Waals surface area contributed by atoms with E-state index in [0.717, 1.165) is 38.9 Å². The van der Waals surface area contributed by atoms with Gasteiger partial charge in [0.05, 0.1) is 13.0 Å². The van der Waals surface area contributed by atoms with Gasteiger partial charge in [-0.3, -0.25) is 4.79 Å². The Labute approximate surface area is 209 Å². The summed E-state index contributed by atoms with van der Waals surface area (Å²) in [5.74, 6) is -0.236. The molecule has 8 heteroatoms. The van der Waals surface area contributed by atoms with E-state index < -0.39 is 5.97 Å². The van der Waals surface area contributed by atoms with E-state index in [1.165, 1.54) is 12.1 Å². The molecule has 0 aliphatic rings. The molecule has 1 heterocycles. The summed E-state index contributed by atoms with van der Waals surface area (Å²) in [6.45, 7) is 3.32. The van der Waals surface area contributed by atoms with Crippen molar-refractivity contribution in [1.29, 1.82) is 0 Å². The zero-order valence-electron chi connectivity index (χ0n) is 20.5. The van der Waals surface area contributed by atoms with Gasteiger partial charge in [-0.05, 0) is 72.1 Å². The van der Waals surface area contributed by atoms with Crippen LogP contribution in [0.4, 0.5) is 4.39 Å². The summed E-state index contributed by atoms with van der Waals surface area (Å²) < 4.78 is 24.6. The molecule has 0 saturated carbocycles. The normalized spacial score (nSPS) is 11.2. The van der Waals surface area contributed by atoms with Crippen LogP contribution in [0.2, 0.25) is 0 Å². The van der Waals surface area contributed by atoms with Crippen LogP contribution >= 0.6 is 0 Å². The number of aryl methyl sites for hydroxylation is 1. The molecule has 0 aliphatic heterocycles. The number of rotatable bonds is 10. The van der Waals surface area contributed by atoms with Crippen LogP contribution in [0.15, 0.2) is 65.2 Å². The van der Waals surface area contributed by atoms with Crippen LogP contribution < -0.4 is 0 Å². The fourth-order valence-corrected chi connectivity index (χ4v) is 4.14. The summed E-state index contributed by atoms with van der Waals surface area (Å²) in [5.41, 5.74) is 6.25. The van der Waals surface area contributed by atoms with Crippen molar-refractivity contribution in [3.63, 3.8) is 0 Å². The summed E-state index contributed by atoms with van der Waals surface area (Å²) in [4.78, 5) is 17.4. The number of hydrogen-bond acceptors (Lipinski definition) is 6. The molecule has 4 aromatic rings. The fourth-order valence-electron chi connectivity index (χ4n) is 4.14. The molecule has 0 spiro atoms. The minimum atomic E-state index is -0.815. The van der Waals surface area contributed by atoms with Crippen LogP contribution in [0.25, 0.3) is 34.0 Å². The highest BCUT2D eigenvalue weighted by Gasteiger charge is 2.15. The summed E-state index contributed by atoms with van der Waals surface area (Å²) >= 11 is 0. The third kappa shape index (κ3) is 6.02. The van der Waals surface area contributed by atoms with Gasteiger partial charge in [-0.2, -0.15) is 4.98 Å². The standard InChI is InChI=1S/C28H28FN3O4/c1-18-13-23(29)8-10-24(18)25-9-7-21(15-22(25)17-35-3)28-30-27(31-36-28)20-6-4-5-19(14-20)16-32(2)12-11-26(33)34/h4-10,13-15H,11-12,16-17H2,1-3H3,(H,33,34). The van der Waals surface area contributed by atoms with Crippen LogP contribution in [0.5, 0.6) is 0 Å². The van der Waals surface area contributed by atoms with Crippen LogP contribution in [-0.4, -0.2) is 46.8 Å². The summed E-state index contributed by atoms with van der Waals surface area (Å²) in [6.07, 6.45) is 0.0922. The number of methoxy groups -OCH3 is 1. The first-order chi connectivity index (χ1) is 17.3. The van der Waals surface area contributed by atoms with Crippen molar-refractivity contribution in [3.8, 4) is 34.0 Å². The molecule has 0 radical (unpaired) electrons. The number of halogens is 1. The molecule has 186 valence electrons. The van der Waals surface area contributed by atoms with Crippen molar-refractivity contribution >= 4 is 5.97 Å². The van der Waals surface area contributed by atoms with E-state index >= 15 is 0 Å². The third-order valence-corrected chi connectivity index (χ3v) is 5.90. The molecule has 0 bridgehead atoms. The first-order valence-corrected chi connectivity index (χ1v) is 11.6. The van der Waals surface area contributed by atoms with Crippen LogP contribution in [0.3, 0.4) is 0 Å². The predicted octanol–water partition coefficient (Wildman–Crippen LogP) is 5.57. The zero-order chi connectivity index (χ0) is 25.7. The third-order valence-electron chi connectivity index (χ3n) is 5.90. The number of aromatic nitrogens is 2. The number of carboxylic acid groups (broad SMARTS) is 1. The van der Waals surface area contributed by atoms with Gasteiger partial charge in [-0.25, -0.2) is 4.39 Å². The number of ether oxygens (including phenoxy) is 1. The summed E-state index contributed by atoms with van der Waals surface area (Å²) in [6, 6.07) is 18.3. The second-order valence-corrected chi connectivity index (χ2v) is 8.77. The zero-order valence-corrected chi connectivity index (χ0v) is 20.5. The second kappa shape index (κ2) is 11.2. The monoisotopic (exact) mass is 489 g/mol. The van der Waals surface area contributed by atoms with E-state index in [1.54, 1.807) is 13.2 Å². The van der Waals surface area contributed by atoms with Crippen molar-refractivity contribution in [2.45, 2.75) is 26.5 Å². The number of aliphatic carboxylic acids is 1. The van der Waals surface area contributed by atoms with Gasteiger partial charge in [0.2, 0.25) is 5.82 Å². The SMILES string of the molecule is COCc1cc(-c2nc(-c3cccc(CN(C)CCC(=O)O)c3)no2)ccc1-c1ccc(F)cc1C. The Morgan fingerprint density at radius 3 is 2.64 bits per heavy atom. The predicted molar refractivity (Wildman–Crippen MR) is 135 cm³/mol. The van der Waals surface area contributed by atoms with Crippen LogP contribution in [0, 0.1) is 12.7 Å². The molecule has 0 unspecified atom stereocenters. The molecule has 0 fully saturated rings. The lowest BCUT2D eigenvalue weighted by atomic mass is 9.94. The van der Waals surface area contributed by atoms with E-state index in [4.69, 9.17) is 14.4 Å². The molecule has 0 aliphatic carbocycles. The Morgan fingerprint density at radius 2 is 1.89 bits per heavy atom. The number of benzene rings is 3. The molecule has 0 saturated heterocycles. The number of carbonyl (C=O) groups is 1. The molecule has 0 atom stereocenters. The number of hydrogen-bond donors (Lipinski definition) is 1. The maximum Gasteiger partial charge on any atom is 0.304 e. The topological polar surface area (TPSA) is 88.7 Å². The molecular weight excluding hydrogens is 461 g/mol. The lowest BCUT2D eigenvalue weighted by molar-refractivity contribution is -0.137. The maximum absolute atomic E-state index is 13.6. The molecule has 36 heavy (non-hydrogen) atoms. The van der Waals surface area contributed by atoms with Gasteiger partial charge in [-0.15, -0.1) is 0 Å². The van der Waals surface area contributed by atoms with Gasteiger partial charge in [-0.1, -0.05) is 35.5 Å². The maximum atomic E-state index is 13.6. The Morgan fingerprint density at radius 1 is 1.08 bits per heavy atom. The highest BCUT2D eigenvalue weighted by Crippen LogP contribution is 2.32. The molecular formula is C28H28FN3O4. The van der Waals surface area contributed by atoms with E-state index in [-0.39, 0.29) is 12.2 Å². The smallest absolute Gasteiger partial charge is 0.304 e. The fraction of sp³-hybridized carbons (Fsp3) is 0.250. The molecule has 1 aromatic heterocycles. The lowest BCUT2D eigenvalue weighted by Crippen LogP contribution is -2.21. The average Bonchev–Trinajstić information content (AvgIpc) is 3.34. The highest BCUT2D eigenvalue weighted by molar-refractivity contribution is 5.74. The molecule has 4 rings (SSSR count). The minimum Gasteiger partial charge on any atom is -0.481 e. The van der Waals surface area contributed by atoms with Gasteiger partial charge in [0.15, 0.2) is 0 Å². The quantitative estimate of drug-likeness (QED) is 0.311. The molecule has 7 nitrogen and oxygen atoms in total. The van der Waals surface area contributed by atoms with Crippen LogP contribution in [-0.2, 0) is 22.7 Å². The van der Waals surface area contributed by atoms with E-state index in [1.807, 2.05) is 61.3 Å². The molecule has 1 N–H and O–H groups in total. The summed E-state index contributed by atoms with van der Waals surface area (Å²) in [7, 11) is 3.52. The highest BCUT2D eigenvalue weighted by atomic mass is 19.1. The summed E-state index contributed by atoms with van der Waals surface area (Å²) in [5, 5.41) is 13.1. The van der Waals surface area contributed by atoms with Crippen molar-refractivity contribution in [3.05, 3.63) is 83.2 Å². The van der Waals surface area contributed by atoms with Crippen molar-refractivity contribution in [2.24, 2.45) is 0 Å². The average molecular weight is 490 g/mol. The van der Waals surface area contributed by atoms with Gasteiger partial charge >= 0.3 is 5.97 Å². The number of carboxylic acids is 1. The largest absolute Gasteiger partial charge is 0.481 e. The van der Waals surface area contributed by atoms with Gasteiger partial charge in [0.25, 0.3) is 5.89 Å². The first-order valence-electron chi connectivity index (χ1n) is 11.6. The molecule has 0 amide bonds. The van der Waals surface area contributed by atoms with E-state index in [0.29, 0.717) is 31.4 Å². The van der Waals surface area contributed by atoms with Gasteiger partial charge < -0.3 is 19.3 Å². The number of nitrogens with zero attached hydrogens (tertiary/aromatic N) is 3. The van der Waals surface area contributed by atoms with E-state index in [2.05, 4.69) is 10.1 Å². The lowest BCUT2D eigenvalue weighted by Gasteiger charge is -2.15. The van der Waals surface area contributed by atoms with E-state index in [9.17, 15) is 9.18 Å². The van der Waals surface area contributed by atoms with Crippen LogP contribution in [0.1, 0.15) is 23.1 Å². The Hall–Kier alpha value is -3.88. The Balaban J connectivity index is 1.58. The van der Waals surface area contributed by atoms with Crippen molar-refractivity contribution < 1.29 is 23.6 Å². The van der Waals surface area contributed by atoms with Gasteiger partial charge in [0, 0.05) is 31.3 Å². The Kier molecular flexibility index (Phi) is 7.87. The van der Waals surface area contributed by atoms with Crippen molar-refractivity contribution in [2.75, 3.05) is 20.7 Å². The minimum absolute atomic E-state index is 0.0922. The Bertz CT molecular complexity index is 1370. The second-order valence-electron chi connectivity index (χ2n) is 8.77.